The second kappa shape index (κ2) is 25.5. The predicted octanol–water partition coefficient (Wildman–Crippen LogP) is 16.3. The van der Waals surface area contributed by atoms with Crippen LogP contribution < -0.4 is 0 Å². The lowest BCUT2D eigenvalue weighted by atomic mass is 9.90. The standard InChI is InChI=1S/C54H99N5P2/c1-45(2)55-46(43-60(56(47-27-11-3-12-28-47)48-29-13-4-14-30-48)57(49-31-15-5-16-32-49)50-33-17-6-18-34-50)44-61(58(51-35-19-7-20-36-51)52-37-21-8-22-38-52)59(53-39-23-9-24-40-53)54-41-25-10-26-42-54/h45,47-54H,3-44H2,1-2H3. The van der Waals surface area contributed by atoms with Gasteiger partial charge in [-0.15, -0.1) is 0 Å². The van der Waals surface area contributed by atoms with Crippen LogP contribution in [0.15, 0.2) is 4.99 Å². The third-order valence-electron chi connectivity index (χ3n) is 17.7. The van der Waals surface area contributed by atoms with Crippen LogP contribution in [-0.4, -0.2) is 91.1 Å². The smallest absolute Gasteiger partial charge is 0.0463 e. The Morgan fingerprint density at radius 2 is 0.475 bits per heavy atom. The normalized spacial score (nSPS) is 26.8. The van der Waals surface area contributed by atoms with Gasteiger partial charge in [0, 0.05) is 88.9 Å². The zero-order valence-corrected chi connectivity index (χ0v) is 42.3. The number of aliphatic imine (C=N–C) groups is 1. The largest absolute Gasteiger partial charge is 0.290 e. The maximum Gasteiger partial charge on any atom is 0.0463 e. The van der Waals surface area contributed by atoms with Crippen LogP contribution in [0.2, 0.25) is 0 Å². The number of hydrogen-bond donors (Lipinski definition) is 0. The fraction of sp³-hybridized carbons (Fsp3) is 0.981. The van der Waals surface area contributed by atoms with Crippen molar-refractivity contribution in [1.82, 2.24) is 18.7 Å². The van der Waals surface area contributed by atoms with E-state index in [-0.39, 0.29) is 0 Å². The highest BCUT2D eigenvalue weighted by atomic mass is 31.1. The topological polar surface area (TPSA) is 25.3 Å². The Bertz CT molecular complexity index is 990. The summed E-state index contributed by atoms with van der Waals surface area (Å²) in [6, 6.07) is 6.84. The first-order valence-corrected chi connectivity index (χ1v) is 31.2. The summed E-state index contributed by atoms with van der Waals surface area (Å²) in [5.41, 5.74) is 1.72. The highest BCUT2D eigenvalue weighted by Crippen LogP contribution is 2.60. The minimum atomic E-state index is -0.467. The van der Waals surface area contributed by atoms with Crippen molar-refractivity contribution >= 4 is 22.2 Å². The zero-order valence-electron chi connectivity index (χ0n) is 40.5. The molecule has 8 aliphatic rings. The second-order valence-electron chi connectivity index (χ2n) is 22.7. The first kappa shape index (κ1) is 47.8. The third kappa shape index (κ3) is 13.3. The molecule has 0 N–H and O–H groups in total. The molecule has 0 radical (unpaired) electrons. The van der Waals surface area contributed by atoms with Crippen molar-refractivity contribution in [3.8, 4) is 0 Å². The molecule has 61 heavy (non-hydrogen) atoms. The lowest BCUT2D eigenvalue weighted by Gasteiger charge is -2.55. The van der Waals surface area contributed by atoms with E-state index in [1.54, 1.807) is 5.71 Å². The number of nitrogens with zero attached hydrogens (tertiary/aromatic N) is 5. The summed E-state index contributed by atoms with van der Waals surface area (Å²) >= 11 is 0. The highest BCUT2D eigenvalue weighted by Gasteiger charge is 2.46. The SMILES string of the molecule is CC(C)N=C(CP(N(C1CCCCC1)C1CCCCC1)N(C1CCCCC1)C1CCCCC1)CP(N(C1CCCCC1)C1CCCCC1)N(C1CCCCC1)C1CCCCC1. The molecular weight excluding hydrogens is 781 g/mol. The monoisotopic (exact) mass is 880 g/mol. The summed E-state index contributed by atoms with van der Waals surface area (Å²) in [6.07, 6.45) is 61.4. The molecule has 350 valence electrons. The molecule has 0 spiro atoms. The zero-order chi connectivity index (χ0) is 41.6. The Hall–Kier alpha value is 0.370. The van der Waals surface area contributed by atoms with Gasteiger partial charge in [-0.05, 0) is 117 Å². The van der Waals surface area contributed by atoms with Crippen LogP contribution in [0.4, 0.5) is 0 Å². The molecule has 0 amide bonds. The van der Waals surface area contributed by atoms with E-state index in [1.165, 1.54) is 269 Å². The van der Waals surface area contributed by atoms with Gasteiger partial charge >= 0.3 is 0 Å². The summed E-state index contributed by atoms with van der Waals surface area (Å²) in [5, 5.41) is 0. The van der Waals surface area contributed by atoms with Gasteiger partial charge < -0.3 is 0 Å². The summed E-state index contributed by atoms with van der Waals surface area (Å²) < 4.78 is 13.8. The van der Waals surface area contributed by atoms with E-state index >= 15 is 0 Å². The van der Waals surface area contributed by atoms with Gasteiger partial charge in [0.1, 0.15) is 0 Å². The van der Waals surface area contributed by atoms with Crippen LogP contribution in [0.25, 0.3) is 0 Å². The van der Waals surface area contributed by atoms with E-state index in [9.17, 15) is 0 Å². The Labute approximate surface area is 381 Å². The van der Waals surface area contributed by atoms with Gasteiger partial charge in [0.15, 0.2) is 0 Å². The summed E-state index contributed by atoms with van der Waals surface area (Å²) in [4.78, 5) is 6.09. The Morgan fingerprint density at radius 1 is 0.311 bits per heavy atom. The fourth-order valence-electron chi connectivity index (χ4n) is 14.9. The average Bonchev–Trinajstić information content (AvgIpc) is 3.32. The van der Waals surface area contributed by atoms with Crippen molar-refractivity contribution in [3.05, 3.63) is 0 Å². The van der Waals surface area contributed by atoms with Crippen molar-refractivity contribution in [2.45, 2.75) is 325 Å². The minimum absolute atomic E-state index is 0.384. The fourth-order valence-corrected chi connectivity index (χ4v) is 22.1. The van der Waals surface area contributed by atoms with Crippen LogP contribution in [0.3, 0.4) is 0 Å². The van der Waals surface area contributed by atoms with Crippen molar-refractivity contribution in [2.24, 2.45) is 4.99 Å². The van der Waals surface area contributed by atoms with E-state index in [1.807, 2.05) is 0 Å². The molecule has 8 fully saturated rings. The van der Waals surface area contributed by atoms with Gasteiger partial charge in [0.05, 0.1) is 0 Å². The number of rotatable bonds is 17. The molecule has 0 bridgehead atoms. The first-order valence-electron chi connectivity index (χ1n) is 28.4. The van der Waals surface area contributed by atoms with Crippen LogP contribution >= 0.6 is 16.4 Å². The van der Waals surface area contributed by atoms with Gasteiger partial charge in [0.2, 0.25) is 0 Å². The average molecular weight is 880 g/mol. The molecule has 0 atom stereocenters. The van der Waals surface area contributed by atoms with E-state index < -0.39 is 16.4 Å². The third-order valence-corrected chi connectivity index (χ3v) is 23.8. The Morgan fingerprint density at radius 3 is 0.623 bits per heavy atom. The van der Waals surface area contributed by atoms with E-state index in [2.05, 4.69) is 32.5 Å². The van der Waals surface area contributed by atoms with Crippen LogP contribution in [0.5, 0.6) is 0 Å². The predicted molar refractivity (Wildman–Crippen MR) is 268 cm³/mol. The van der Waals surface area contributed by atoms with Gasteiger partial charge in [-0.2, -0.15) is 0 Å². The molecule has 0 aromatic heterocycles. The van der Waals surface area contributed by atoms with Gasteiger partial charge in [-0.25, -0.2) is 0 Å². The molecule has 8 aliphatic carbocycles. The van der Waals surface area contributed by atoms with E-state index in [4.69, 9.17) is 4.99 Å². The summed E-state index contributed by atoms with van der Waals surface area (Å²) in [7, 11) is -0.934. The molecule has 5 nitrogen and oxygen atoms in total. The van der Waals surface area contributed by atoms with Crippen LogP contribution in [-0.2, 0) is 0 Å². The first-order chi connectivity index (χ1) is 30.1. The molecule has 0 heterocycles. The molecule has 0 aliphatic heterocycles. The van der Waals surface area contributed by atoms with Crippen molar-refractivity contribution < 1.29 is 0 Å². The molecule has 8 saturated carbocycles. The molecule has 7 heteroatoms. The van der Waals surface area contributed by atoms with Crippen molar-refractivity contribution in [2.75, 3.05) is 12.3 Å². The minimum Gasteiger partial charge on any atom is -0.290 e. The van der Waals surface area contributed by atoms with Crippen molar-refractivity contribution in [1.29, 1.82) is 0 Å². The molecule has 0 aromatic rings. The molecule has 0 unspecified atom stereocenters. The molecule has 0 saturated heterocycles. The molecular formula is C54H99N5P2. The molecule has 0 aromatic carbocycles. The van der Waals surface area contributed by atoms with E-state index in [0.29, 0.717) is 6.04 Å². The Kier molecular flexibility index (Phi) is 20.0. The quantitative estimate of drug-likeness (QED) is 0.107. The maximum atomic E-state index is 6.09. The van der Waals surface area contributed by atoms with Crippen LogP contribution in [0.1, 0.15) is 271 Å². The lowest BCUT2D eigenvalue weighted by Crippen LogP contribution is -2.52. The van der Waals surface area contributed by atoms with Gasteiger partial charge in [0.25, 0.3) is 0 Å². The molecule has 8 rings (SSSR count). The maximum absolute atomic E-state index is 6.09. The second-order valence-corrected chi connectivity index (χ2v) is 26.7. The van der Waals surface area contributed by atoms with Crippen LogP contribution in [0, 0.1) is 0 Å². The van der Waals surface area contributed by atoms with E-state index in [0.717, 1.165) is 48.3 Å². The number of hydrogen-bond acceptors (Lipinski definition) is 5. The van der Waals surface area contributed by atoms with Crippen molar-refractivity contribution in [3.63, 3.8) is 0 Å². The highest BCUT2D eigenvalue weighted by molar-refractivity contribution is 7.56. The lowest BCUT2D eigenvalue weighted by molar-refractivity contribution is 0.132. The summed E-state index contributed by atoms with van der Waals surface area (Å²) in [5.74, 6) is 0. The van der Waals surface area contributed by atoms with Gasteiger partial charge in [-0.3, -0.25) is 23.7 Å². The summed E-state index contributed by atoms with van der Waals surface area (Å²) in [6.45, 7) is 4.93. The van der Waals surface area contributed by atoms with Gasteiger partial charge in [-0.1, -0.05) is 154 Å². The Balaban J connectivity index is 1.24.